The lowest BCUT2D eigenvalue weighted by molar-refractivity contribution is 0.112. The molecule has 11 heavy (non-hydrogen) atoms. The van der Waals surface area contributed by atoms with Crippen molar-refractivity contribution in [3.63, 3.8) is 0 Å². The van der Waals surface area contributed by atoms with Gasteiger partial charge >= 0.3 is 0 Å². The lowest BCUT2D eigenvalue weighted by Gasteiger charge is -1.95. The van der Waals surface area contributed by atoms with E-state index in [4.69, 9.17) is 0 Å². The molecule has 0 aliphatic carbocycles. The average molecular weight is 166 g/mol. The van der Waals surface area contributed by atoms with Gasteiger partial charge < -0.3 is 0 Å². The van der Waals surface area contributed by atoms with Gasteiger partial charge in [-0.3, -0.25) is 4.79 Å². The maximum Gasteiger partial charge on any atom is 0.151 e. The zero-order chi connectivity index (χ0) is 8.27. The highest BCUT2D eigenvalue weighted by atomic mass is 32.1. The van der Waals surface area contributed by atoms with Crippen LogP contribution in [0, 0.1) is 0 Å². The Labute approximate surface area is 70.4 Å². The Morgan fingerprint density at radius 3 is 2.82 bits per heavy atom. The molecule has 0 amide bonds. The Morgan fingerprint density at radius 1 is 1.55 bits per heavy atom. The van der Waals surface area contributed by atoms with E-state index >= 15 is 0 Å². The molecule has 1 aromatic heterocycles. The van der Waals surface area contributed by atoms with E-state index in [9.17, 15) is 4.79 Å². The van der Waals surface area contributed by atoms with Gasteiger partial charge in [-0.2, -0.15) is 11.3 Å². The number of hydrogen-bond acceptors (Lipinski definition) is 2. The second-order valence-electron chi connectivity index (χ2n) is 2.33. The van der Waals surface area contributed by atoms with Gasteiger partial charge in [-0.25, -0.2) is 0 Å². The van der Waals surface area contributed by atoms with Crippen molar-refractivity contribution in [3.05, 3.63) is 28.0 Å². The molecule has 0 atom stereocenters. The molecule has 1 nitrogen and oxygen atoms in total. The number of carbonyl (C=O) groups excluding carboxylic acids is 1. The summed E-state index contributed by atoms with van der Waals surface area (Å²) in [5, 5.41) is 3.87. The van der Waals surface area contributed by atoms with E-state index in [1.807, 2.05) is 30.7 Å². The average Bonchev–Trinajstić information content (AvgIpc) is 2.50. The van der Waals surface area contributed by atoms with E-state index in [1.54, 1.807) is 11.3 Å². The van der Waals surface area contributed by atoms with E-state index < -0.39 is 0 Å². The van der Waals surface area contributed by atoms with Crippen LogP contribution >= 0.6 is 11.3 Å². The topological polar surface area (TPSA) is 17.1 Å². The van der Waals surface area contributed by atoms with E-state index in [2.05, 4.69) is 0 Å². The first-order valence-corrected chi connectivity index (χ1v) is 4.38. The summed E-state index contributed by atoms with van der Waals surface area (Å²) in [4.78, 5) is 10.5. The van der Waals surface area contributed by atoms with Crippen LogP contribution in [0.3, 0.4) is 0 Å². The van der Waals surface area contributed by atoms with E-state index in [0.717, 1.165) is 23.0 Å². The maximum absolute atomic E-state index is 10.5. The maximum atomic E-state index is 10.5. The lowest BCUT2D eigenvalue weighted by atomic mass is 10.1. The molecular weight excluding hydrogens is 156 g/mol. The molecule has 0 aromatic carbocycles. The van der Waals surface area contributed by atoms with Crippen molar-refractivity contribution >= 4 is 23.2 Å². The van der Waals surface area contributed by atoms with Crippen LogP contribution < -0.4 is 0 Å². The Hall–Kier alpha value is -0.890. The number of allylic oxidation sites excluding steroid dienone is 2. The normalized spacial score (nSPS) is 11.6. The Bertz CT molecular complexity index is 284. The minimum Gasteiger partial charge on any atom is -0.298 e. The van der Waals surface area contributed by atoms with Crippen LogP contribution in [0.1, 0.15) is 29.8 Å². The first-order valence-electron chi connectivity index (χ1n) is 3.44. The monoisotopic (exact) mass is 166 g/mol. The van der Waals surface area contributed by atoms with Crippen molar-refractivity contribution in [3.8, 4) is 0 Å². The van der Waals surface area contributed by atoms with Gasteiger partial charge in [0.05, 0.1) is 0 Å². The largest absolute Gasteiger partial charge is 0.298 e. The van der Waals surface area contributed by atoms with Crippen molar-refractivity contribution in [2.24, 2.45) is 0 Å². The molecule has 0 aliphatic rings. The second kappa shape index (κ2) is 3.49. The van der Waals surface area contributed by atoms with Crippen LogP contribution in [0.4, 0.5) is 0 Å². The fraction of sp³-hybridized carbons (Fsp3) is 0.222. The summed E-state index contributed by atoms with van der Waals surface area (Å²) in [5.74, 6) is 0. The molecule has 0 spiro atoms. The first-order chi connectivity index (χ1) is 5.29. The SMILES string of the molecule is C/C=C(\C)c1cscc1C=O. The molecule has 0 bridgehead atoms. The van der Waals surface area contributed by atoms with Crippen LogP contribution in [-0.2, 0) is 0 Å². The molecule has 2 heteroatoms. The predicted octanol–water partition coefficient (Wildman–Crippen LogP) is 2.98. The van der Waals surface area contributed by atoms with Gasteiger partial charge in [-0.1, -0.05) is 6.08 Å². The van der Waals surface area contributed by atoms with Crippen molar-refractivity contribution < 1.29 is 4.79 Å². The molecule has 0 fully saturated rings. The number of thiophene rings is 1. The first kappa shape index (κ1) is 8.21. The summed E-state index contributed by atoms with van der Waals surface area (Å²) in [7, 11) is 0. The number of rotatable bonds is 2. The summed E-state index contributed by atoms with van der Waals surface area (Å²) in [5.41, 5.74) is 3.02. The van der Waals surface area contributed by atoms with Crippen molar-refractivity contribution in [2.45, 2.75) is 13.8 Å². The predicted molar refractivity (Wildman–Crippen MR) is 49.0 cm³/mol. The third-order valence-corrected chi connectivity index (χ3v) is 2.44. The highest BCUT2D eigenvalue weighted by Gasteiger charge is 2.02. The number of aldehydes is 1. The zero-order valence-electron chi connectivity index (χ0n) is 6.63. The van der Waals surface area contributed by atoms with Crippen molar-refractivity contribution in [1.29, 1.82) is 0 Å². The Balaban J connectivity index is 3.12. The standard InChI is InChI=1S/C9H10OS/c1-3-7(2)9-6-11-5-8(9)4-10/h3-6H,1-2H3/b7-3+. The van der Waals surface area contributed by atoms with Gasteiger partial charge in [0.1, 0.15) is 0 Å². The van der Waals surface area contributed by atoms with Crippen molar-refractivity contribution in [1.82, 2.24) is 0 Å². The van der Waals surface area contributed by atoms with Gasteiger partial charge in [-0.05, 0) is 30.4 Å². The number of hydrogen-bond donors (Lipinski definition) is 0. The Kier molecular flexibility index (Phi) is 2.60. The van der Waals surface area contributed by atoms with Crippen molar-refractivity contribution in [2.75, 3.05) is 0 Å². The van der Waals surface area contributed by atoms with Crippen LogP contribution in [-0.4, -0.2) is 6.29 Å². The summed E-state index contributed by atoms with van der Waals surface area (Å²) >= 11 is 1.56. The third-order valence-electron chi connectivity index (χ3n) is 1.68. The minimum absolute atomic E-state index is 0.797. The van der Waals surface area contributed by atoms with Crippen LogP contribution in [0.25, 0.3) is 5.57 Å². The van der Waals surface area contributed by atoms with Gasteiger partial charge in [0.2, 0.25) is 0 Å². The van der Waals surface area contributed by atoms with Gasteiger partial charge in [-0.15, -0.1) is 0 Å². The molecule has 0 radical (unpaired) electrons. The molecule has 58 valence electrons. The lowest BCUT2D eigenvalue weighted by Crippen LogP contribution is -1.82. The van der Waals surface area contributed by atoms with Gasteiger partial charge in [0.15, 0.2) is 6.29 Å². The Morgan fingerprint density at radius 2 is 2.27 bits per heavy atom. The number of carbonyl (C=O) groups is 1. The second-order valence-corrected chi connectivity index (χ2v) is 3.07. The van der Waals surface area contributed by atoms with E-state index in [1.165, 1.54) is 0 Å². The van der Waals surface area contributed by atoms with E-state index in [0.29, 0.717) is 0 Å². The minimum atomic E-state index is 0.797. The third kappa shape index (κ3) is 1.57. The molecule has 0 aliphatic heterocycles. The fourth-order valence-electron chi connectivity index (χ4n) is 0.874. The quantitative estimate of drug-likeness (QED) is 0.617. The molecule has 0 saturated carbocycles. The van der Waals surface area contributed by atoms with Crippen LogP contribution in [0.2, 0.25) is 0 Å². The molecule has 0 unspecified atom stereocenters. The summed E-state index contributed by atoms with van der Waals surface area (Å²) in [6, 6.07) is 0. The molecule has 1 aromatic rings. The van der Waals surface area contributed by atoms with Gasteiger partial charge in [0.25, 0.3) is 0 Å². The summed E-state index contributed by atoms with van der Waals surface area (Å²) in [6.07, 6.45) is 2.91. The van der Waals surface area contributed by atoms with Crippen LogP contribution in [0.15, 0.2) is 16.8 Å². The highest BCUT2D eigenvalue weighted by molar-refractivity contribution is 7.08. The summed E-state index contributed by atoms with van der Waals surface area (Å²) < 4.78 is 0. The molecule has 0 saturated heterocycles. The van der Waals surface area contributed by atoms with E-state index in [-0.39, 0.29) is 0 Å². The molecular formula is C9H10OS. The molecule has 1 rings (SSSR count). The summed E-state index contributed by atoms with van der Waals surface area (Å²) in [6.45, 7) is 3.98. The fourth-order valence-corrected chi connectivity index (χ4v) is 1.73. The van der Waals surface area contributed by atoms with Crippen LogP contribution in [0.5, 0.6) is 0 Å². The molecule has 1 heterocycles. The highest BCUT2D eigenvalue weighted by Crippen LogP contribution is 2.21. The van der Waals surface area contributed by atoms with Gasteiger partial charge in [0, 0.05) is 10.9 Å². The zero-order valence-corrected chi connectivity index (χ0v) is 7.44. The molecule has 0 N–H and O–H groups in total. The smallest absolute Gasteiger partial charge is 0.151 e.